The van der Waals surface area contributed by atoms with E-state index in [4.69, 9.17) is 28.4 Å². The van der Waals surface area contributed by atoms with E-state index in [-0.39, 0.29) is 24.0 Å². The molecule has 2 aliphatic rings. The molecule has 0 aromatic heterocycles. The summed E-state index contributed by atoms with van der Waals surface area (Å²) in [6.45, 7) is 7.67. The lowest BCUT2D eigenvalue weighted by molar-refractivity contribution is -0.140. The van der Waals surface area contributed by atoms with Crippen LogP contribution in [0.15, 0.2) is 48.5 Å². The Morgan fingerprint density at radius 3 is 1.07 bits per heavy atom. The lowest BCUT2D eigenvalue weighted by atomic mass is 9.84. The van der Waals surface area contributed by atoms with E-state index >= 15 is 0 Å². The SMILES string of the molecule is CCC1(COC(=O)c2ccc(C(=O)OCCCCCCOC(=O)c3ccc(C(=O)OCC4(CC)COC4)cc3)cc2)COC1. The van der Waals surface area contributed by atoms with Gasteiger partial charge in [0.2, 0.25) is 0 Å². The molecule has 0 spiro atoms. The van der Waals surface area contributed by atoms with Gasteiger partial charge in [0.1, 0.15) is 13.2 Å². The number of ether oxygens (including phenoxy) is 6. The summed E-state index contributed by atoms with van der Waals surface area (Å²) in [5.41, 5.74) is 1.33. The number of rotatable bonds is 17. The van der Waals surface area contributed by atoms with E-state index in [0.29, 0.717) is 74.7 Å². The lowest BCUT2D eigenvalue weighted by Gasteiger charge is -2.39. The molecule has 2 fully saturated rings. The van der Waals surface area contributed by atoms with E-state index < -0.39 is 23.9 Å². The topological polar surface area (TPSA) is 124 Å². The average molecular weight is 611 g/mol. The Morgan fingerprint density at radius 1 is 0.523 bits per heavy atom. The molecule has 10 nitrogen and oxygen atoms in total. The summed E-state index contributed by atoms with van der Waals surface area (Å²) in [5.74, 6) is -1.75. The zero-order valence-corrected chi connectivity index (χ0v) is 25.6. The minimum absolute atomic E-state index is 0.0827. The summed E-state index contributed by atoms with van der Waals surface area (Å²) in [4.78, 5) is 49.3. The van der Waals surface area contributed by atoms with Crippen LogP contribution in [0.25, 0.3) is 0 Å². The molecule has 2 heterocycles. The number of hydrogen-bond donors (Lipinski definition) is 0. The van der Waals surface area contributed by atoms with Crippen LogP contribution in [0.1, 0.15) is 93.8 Å². The molecule has 0 aliphatic carbocycles. The molecule has 2 saturated heterocycles. The standard InChI is InChI=1S/C34H42O10/c1-3-33(19-39-20-33)23-43-31(37)27-13-9-25(10-14-27)29(35)41-17-7-5-6-8-18-42-30(36)26-11-15-28(16-12-26)32(38)44-24-34(4-2)21-40-22-34/h9-16H,3-8,17-24H2,1-2H3. The second-order valence-electron chi connectivity index (χ2n) is 11.7. The van der Waals surface area contributed by atoms with Gasteiger partial charge < -0.3 is 28.4 Å². The van der Waals surface area contributed by atoms with Crippen LogP contribution in [0.3, 0.4) is 0 Å². The molecule has 4 rings (SSSR count). The first kappa shape index (κ1) is 33.1. The molecule has 2 aromatic rings. The quantitative estimate of drug-likeness (QED) is 0.130. The fraction of sp³-hybridized carbons (Fsp3) is 0.529. The molecule has 2 aliphatic heterocycles. The van der Waals surface area contributed by atoms with Gasteiger partial charge in [-0.05, 0) is 87.1 Å². The van der Waals surface area contributed by atoms with Crippen molar-refractivity contribution < 1.29 is 47.6 Å². The van der Waals surface area contributed by atoms with Crippen molar-refractivity contribution in [2.24, 2.45) is 10.8 Å². The summed E-state index contributed by atoms with van der Waals surface area (Å²) in [6.07, 6.45) is 4.73. The molecule has 0 unspecified atom stereocenters. The summed E-state index contributed by atoms with van der Waals surface area (Å²) in [6, 6.07) is 12.5. The van der Waals surface area contributed by atoms with Gasteiger partial charge in [0.05, 0.1) is 72.7 Å². The van der Waals surface area contributed by atoms with Crippen molar-refractivity contribution in [3.05, 3.63) is 70.8 Å². The van der Waals surface area contributed by atoms with Crippen LogP contribution in [0, 0.1) is 10.8 Å². The lowest BCUT2D eigenvalue weighted by Crippen LogP contribution is -2.46. The van der Waals surface area contributed by atoms with Crippen molar-refractivity contribution >= 4 is 23.9 Å². The summed E-state index contributed by atoms with van der Waals surface area (Å²) >= 11 is 0. The molecule has 0 amide bonds. The highest BCUT2D eigenvalue weighted by atomic mass is 16.6. The normalized spacial score (nSPS) is 16.1. The monoisotopic (exact) mass is 610 g/mol. The van der Waals surface area contributed by atoms with Gasteiger partial charge in [-0.1, -0.05) is 13.8 Å². The van der Waals surface area contributed by atoms with Crippen molar-refractivity contribution in [3.8, 4) is 0 Å². The Balaban J connectivity index is 1.04. The fourth-order valence-corrected chi connectivity index (χ4v) is 4.70. The molecule has 0 saturated carbocycles. The van der Waals surface area contributed by atoms with Crippen molar-refractivity contribution in [1.82, 2.24) is 0 Å². The van der Waals surface area contributed by atoms with Crippen LogP contribution in [-0.2, 0) is 28.4 Å². The van der Waals surface area contributed by atoms with Crippen molar-refractivity contribution in [2.75, 3.05) is 52.9 Å². The average Bonchev–Trinajstić information content (AvgIpc) is 3.01. The van der Waals surface area contributed by atoms with E-state index in [1.165, 1.54) is 0 Å². The van der Waals surface area contributed by atoms with Crippen molar-refractivity contribution in [1.29, 1.82) is 0 Å². The minimum Gasteiger partial charge on any atom is -0.462 e. The summed E-state index contributed by atoms with van der Waals surface area (Å²) in [5, 5.41) is 0. The van der Waals surface area contributed by atoms with Gasteiger partial charge in [-0.2, -0.15) is 0 Å². The number of carbonyl (C=O) groups excluding carboxylic acids is 4. The third kappa shape index (κ3) is 8.89. The smallest absolute Gasteiger partial charge is 0.338 e. The second-order valence-corrected chi connectivity index (χ2v) is 11.7. The molecule has 44 heavy (non-hydrogen) atoms. The van der Waals surface area contributed by atoms with Crippen LogP contribution >= 0.6 is 0 Å². The molecule has 10 heteroatoms. The zero-order chi connectivity index (χ0) is 31.4. The third-order valence-corrected chi connectivity index (χ3v) is 8.37. The minimum atomic E-state index is -0.451. The van der Waals surface area contributed by atoms with Gasteiger partial charge in [-0.25, -0.2) is 19.2 Å². The Hall–Kier alpha value is -3.76. The number of hydrogen-bond acceptors (Lipinski definition) is 10. The molecular formula is C34H42O10. The van der Waals surface area contributed by atoms with Crippen LogP contribution in [-0.4, -0.2) is 76.7 Å². The van der Waals surface area contributed by atoms with Crippen LogP contribution < -0.4 is 0 Å². The number of carbonyl (C=O) groups is 4. The highest BCUT2D eigenvalue weighted by molar-refractivity contribution is 5.94. The van der Waals surface area contributed by atoms with Gasteiger partial charge in [0, 0.05) is 0 Å². The molecule has 0 N–H and O–H groups in total. The highest BCUT2D eigenvalue weighted by Gasteiger charge is 2.39. The number of benzene rings is 2. The maximum Gasteiger partial charge on any atom is 0.338 e. The molecule has 2 aromatic carbocycles. The number of unbranched alkanes of at least 4 members (excludes halogenated alkanes) is 3. The third-order valence-electron chi connectivity index (χ3n) is 8.37. The fourth-order valence-electron chi connectivity index (χ4n) is 4.70. The van der Waals surface area contributed by atoms with Gasteiger partial charge >= 0.3 is 23.9 Å². The maximum absolute atomic E-state index is 12.3. The van der Waals surface area contributed by atoms with Crippen molar-refractivity contribution in [3.63, 3.8) is 0 Å². The van der Waals surface area contributed by atoms with E-state index in [1.807, 2.05) is 13.8 Å². The molecule has 0 radical (unpaired) electrons. The Bertz CT molecular complexity index is 1150. The Labute approximate surface area is 258 Å². The molecule has 238 valence electrons. The van der Waals surface area contributed by atoms with E-state index in [0.717, 1.165) is 25.7 Å². The molecular weight excluding hydrogens is 568 g/mol. The number of esters is 4. The zero-order valence-electron chi connectivity index (χ0n) is 25.6. The van der Waals surface area contributed by atoms with Crippen molar-refractivity contribution in [2.45, 2.75) is 52.4 Å². The first-order valence-electron chi connectivity index (χ1n) is 15.3. The first-order chi connectivity index (χ1) is 21.3. The second kappa shape index (κ2) is 15.8. The summed E-state index contributed by atoms with van der Waals surface area (Å²) in [7, 11) is 0. The van der Waals surface area contributed by atoms with Gasteiger partial charge in [-0.15, -0.1) is 0 Å². The van der Waals surface area contributed by atoms with Gasteiger partial charge in [-0.3, -0.25) is 0 Å². The van der Waals surface area contributed by atoms with Crippen LogP contribution in [0.4, 0.5) is 0 Å². The van der Waals surface area contributed by atoms with E-state index in [9.17, 15) is 19.2 Å². The van der Waals surface area contributed by atoms with Crippen LogP contribution in [0.5, 0.6) is 0 Å². The van der Waals surface area contributed by atoms with Crippen LogP contribution in [0.2, 0.25) is 0 Å². The molecule has 0 atom stereocenters. The summed E-state index contributed by atoms with van der Waals surface area (Å²) < 4.78 is 32.1. The Kier molecular flexibility index (Phi) is 11.9. The van der Waals surface area contributed by atoms with E-state index in [1.54, 1.807) is 48.5 Å². The predicted octanol–water partition coefficient (Wildman–Crippen LogP) is 5.43. The van der Waals surface area contributed by atoms with E-state index in [2.05, 4.69) is 0 Å². The Morgan fingerprint density at radius 2 is 0.818 bits per heavy atom. The highest BCUT2D eigenvalue weighted by Crippen LogP contribution is 2.32. The van der Waals surface area contributed by atoms with Gasteiger partial charge in [0.25, 0.3) is 0 Å². The first-order valence-corrected chi connectivity index (χ1v) is 15.3. The van der Waals surface area contributed by atoms with Gasteiger partial charge in [0.15, 0.2) is 0 Å². The predicted molar refractivity (Wildman–Crippen MR) is 160 cm³/mol. The largest absolute Gasteiger partial charge is 0.462 e. The maximum atomic E-state index is 12.3. The molecule has 0 bridgehead atoms.